The molecule has 2 amide bonds. The SMILES string of the molecule is C=CC(=O)Nc1ccc(CCNC(=O)C2CCN(c3cc(NC)nc(N)n3)CC2)cc1.CNc1cc(N2CCCC2Cc2cccc(C)c2)nc(N)n1. The number of piperidine rings is 1. The number of anilines is 7. The summed E-state index contributed by atoms with van der Waals surface area (Å²) in [5.74, 6) is 3.55. The highest BCUT2D eigenvalue weighted by Crippen LogP contribution is 2.28. The molecule has 14 nitrogen and oxygen atoms in total. The van der Waals surface area contributed by atoms with Crippen molar-refractivity contribution in [2.24, 2.45) is 5.92 Å². The maximum absolute atomic E-state index is 12.6. The predicted octanol–water partition coefficient (Wildman–Crippen LogP) is 4.42. The molecule has 2 aliphatic heterocycles. The first-order valence-electron chi connectivity index (χ1n) is 18.2. The van der Waals surface area contributed by atoms with Crippen molar-refractivity contribution in [1.29, 1.82) is 0 Å². The van der Waals surface area contributed by atoms with Gasteiger partial charge in [-0.2, -0.15) is 19.9 Å². The van der Waals surface area contributed by atoms with E-state index in [1.807, 2.05) is 43.4 Å². The molecule has 8 N–H and O–H groups in total. The Hall–Kier alpha value is -5.92. The van der Waals surface area contributed by atoms with Gasteiger partial charge >= 0.3 is 0 Å². The van der Waals surface area contributed by atoms with Crippen molar-refractivity contribution < 1.29 is 9.59 Å². The Morgan fingerprint density at radius 3 is 2.15 bits per heavy atom. The van der Waals surface area contributed by atoms with Gasteiger partial charge in [-0.3, -0.25) is 9.59 Å². The van der Waals surface area contributed by atoms with Crippen molar-refractivity contribution in [1.82, 2.24) is 25.3 Å². The molecule has 0 spiro atoms. The van der Waals surface area contributed by atoms with E-state index >= 15 is 0 Å². The van der Waals surface area contributed by atoms with E-state index in [9.17, 15) is 9.59 Å². The molecule has 2 aromatic carbocycles. The molecule has 0 aliphatic carbocycles. The second kappa shape index (κ2) is 18.5. The van der Waals surface area contributed by atoms with Crippen LogP contribution >= 0.6 is 0 Å². The number of nitrogen functional groups attached to an aromatic ring is 2. The lowest BCUT2D eigenvalue weighted by Gasteiger charge is -2.32. The average molecular weight is 721 g/mol. The number of hydrogen-bond donors (Lipinski definition) is 6. The van der Waals surface area contributed by atoms with Crippen LogP contribution in [-0.4, -0.2) is 78.1 Å². The Labute approximate surface area is 311 Å². The second-order valence-corrected chi connectivity index (χ2v) is 13.3. The fraction of sp³-hybridized carbons (Fsp3) is 0.385. The van der Waals surface area contributed by atoms with Crippen LogP contribution in [0, 0.1) is 12.8 Å². The number of aryl methyl sites for hydroxylation is 1. The van der Waals surface area contributed by atoms with Crippen LogP contribution in [0.25, 0.3) is 0 Å². The summed E-state index contributed by atoms with van der Waals surface area (Å²) >= 11 is 0. The van der Waals surface area contributed by atoms with Gasteiger partial charge in [-0.05, 0) is 74.8 Å². The summed E-state index contributed by atoms with van der Waals surface area (Å²) in [6.07, 6.45) is 6.91. The Bertz CT molecular complexity index is 1840. The van der Waals surface area contributed by atoms with E-state index in [0.717, 1.165) is 74.0 Å². The summed E-state index contributed by atoms with van der Waals surface area (Å²) in [4.78, 5) is 45.4. The van der Waals surface area contributed by atoms with Crippen LogP contribution in [0.4, 0.5) is 40.9 Å². The van der Waals surface area contributed by atoms with Gasteiger partial charge in [-0.1, -0.05) is 48.5 Å². The lowest BCUT2D eigenvalue weighted by atomic mass is 9.96. The number of carbonyl (C=O) groups excluding carboxylic acids is 2. The number of nitrogens with two attached hydrogens (primary N) is 2. The maximum Gasteiger partial charge on any atom is 0.247 e. The molecule has 1 atom stereocenters. The van der Waals surface area contributed by atoms with E-state index in [1.54, 1.807) is 7.05 Å². The first kappa shape index (κ1) is 38.3. The van der Waals surface area contributed by atoms with Gasteiger partial charge in [-0.15, -0.1) is 0 Å². The van der Waals surface area contributed by atoms with Gasteiger partial charge in [-0.25, -0.2) is 0 Å². The molecule has 0 saturated carbocycles. The van der Waals surface area contributed by atoms with E-state index in [-0.39, 0.29) is 23.7 Å². The Kier molecular flexibility index (Phi) is 13.4. The van der Waals surface area contributed by atoms with Crippen molar-refractivity contribution in [3.05, 3.63) is 90.0 Å². The summed E-state index contributed by atoms with van der Waals surface area (Å²) < 4.78 is 0. The fourth-order valence-corrected chi connectivity index (χ4v) is 6.72. The van der Waals surface area contributed by atoms with E-state index in [1.165, 1.54) is 30.0 Å². The Balaban J connectivity index is 0.000000216. The fourth-order valence-electron chi connectivity index (χ4n) is 6.72. The molecule has 2 saturated heterocycles. The quantitative estimate of drug-likeness (QED) is 0.113. The molecule has 1 unspecified atom stereocenters. The van der Waals surface area contributed by atoms with Gasteiger partial charge in [0, 0.05) is 70.1 Å². The molecule has 6 rings (SSSR count). The van der Waals surface area contributed by atoms with Crippen LogP contribution in [0.1, 0.15) is 42.4 Å². The smallest absolute Gasteiger partial charge is 0.247 e. The molecule has 0 radical (unpaired) electrons. The minimum Gasteiger partial charge on any atom is -0.373 e. The molecule has 4 aromatic rings. The number of nitrogens with zero attached hydrogens (tertiary/aromatic N) is 6. The Morgan fingerprint density at radius 2 is 1.51 bits per heavy atom. The normalized spacial score (nSPS) is 15.6. The van der Waals surface area contributed by atoms with Crippen molar-refractivity contribution in [2.75, 3.05) is 77.5 Å². The topological polar surface area (TPSA) is 192 Å². The van der Waals surface area contributed by atoms with Crippen molar-refractivity contribution in [3.8, 4) is 0 Å². The first-order valence-corrected chi connectivity index (χ1v) is 18.2. The standard InChI is InChI=1S/C22H29N7O2.C17H23N5/c1-3-20(30)26-17-6-4-15(5-7-17)8-11-25-21(31)16-9-12-29(13-10-16)19-14-18(24-2)27-22(23)28-19;1-12-5-3-6-13(9-12)10-14-7-4-8-22(14)16-11-15(19-2)20-17(18)21-16/h3-7,14,16H,1,8-13H2,2H3,(H,25,31)(H,26,30)(H3,23,24,27,28);3,5-6,9,11,14H,4,7-8,10H2,1-2H3,(H3,18,19,20,21). The van der Waals surface area contributed by atoms with Gasteiger partial charge < -0.3 is 42.5 Å². The summed E-state index contributed by atoms with van der Waals surface area (Å²) in [6.45, 7) is 8.66. The van der Waals surface area contributed by atoms with Crippen LogP contribution in [0.3, 0.4) is 0 Å². The zero-order chi connectivity index (χ0) is 37.7. The summed E-state index contributed by atoms with van der Waals surface area (Å²) in [6, 6.07) is 20.6. The number of hydrogen-bond acceptors (Lipinski definition) is 12. The van der Waals surface area contributed by atoms with E-state index < -0.39 is 0 Å². The minimum absolute atomic E-state index is 0.00398. The van der Waals surface area contributed by atoms with Gasteiger partial charge in [0.2, 0.25) is 23.7 Å². The average Bonchev–Trinajstić information content (AvgIpc) is 3.63. The largest absolute Gasteiger partial charge is 0.373 e. The summed E-state index contributed by atoms with van der Waals surface area (Å²) in [7, 11) is 3.64. The Morgan fingerprint density at radius 1 is 0.849 bits per heavy atom. The first-order chi connectivity index (χ1) is 25.6. The third-order valence-corrected chi connectivity index (χ3v) is 9.51. The van der Waals surface area contributed by atoms with Crippen LogP contribution in [0.15, 0.2) is 73.3 Å². The monoisotopic (exact) mass is 720 g/mol. The molecule has 14 heteroatoms. The third-order valence-electron chi connectivity index (χ3n) is 9.51. The van der Waals surface area contributed by atoms with Gasteiger partial charge in [0.25, 0.3) is 0 Å². The van der Waals surface area contributed by atoms with Gasteiger partial charge in [0.05, 0.1) is 0 Å². The zero-order valence-corrected chi connectivity index (χ0v) is 30.9. The molecular formula is C39H52N12O2. The second-order valence-electron chi connectivity index (χ2n) is 13.3. The highest BCUT2D eigenvalue weighted by molar-refractivity contribution is 5.98. The summed E-state index contributed by atoms with van der Waals surface area (Å²) in [5, 5.41) is 11.8. The molecular weight excluding hydrogens is 669 g/mol. The number of carbonyl (C=O) groups is 2. The number of rotatable bonds is 12. The van der Waals surface area contributed by atoms with Crippen LogP contribution < -0.4 is 42.5 Å². The van der Waals surface area contributed by atoms with Crippen LogP contribution in [0.2, 0.25) is 0 Å². The van der Waals surface area contributed by atoms with Crippen LogP contribution in [0.5, 0.6) is 0 Å². The van der Waals surface area contributed by atoms with Gasteiger partial charge in [0.1, 0.15) is 23.3 Å². The number of aromatic nitrogens is 4. The molecule has 0 bridgehead atoms. The minimum atomic E-state index is -0.239. The van der Waals surface area contributed by atoms with E-state index in [4.69, 9.17) is 11.5 Å². The van der Waals surface area contributed by atoms with Crippen molar-refractivity contribution >= 4 is 52.7 Å². The molecule has 2 aliphatic rings. The lowest BCUT2D eigenvalue weighted by molar-refractivity contribution is -0.125. The van der Waals surface area contributed by atoms with Crippen LogP contribution in [-0.2, 0) is 22.4 Å². The number of nitrogens with one attached hydrogen (secondary N) is 4. The molecule has 4 heterocycles. The maximum atomic E-state index is 12.6. The van der Waals surface area contributed by atoms with E-state index in [0.29, 0.717) is 24.4 Å². The zero-order valence-electron chi connectivity index (χ0n) is 30.9. The molecule has 2 aromatic heterocycles. The molecule has 2 fully saturated rings. The third kappa shape index (κ3) is 11.0. The molecule has 280 valence electrons. The van der Waals surface area contributed by atoms with Crippen molar-refractivity contribution in [2.45, 2.75) is 51.5 Å². The van der Waals surface area contributed by atoms with Crippen molar-refractivity contribution in [3.63, 3.8) is 0 Å². The number of benzene rings is 2. The van der Waals surface area contributed by atoms with Gasteiger partial charge in [0.15, 0.2) is 0 Å². The predicted molar refractivity (Wildman–Crippen MR) is 214 cm³/mol. The highest BCUT2D eigenvalue weighted by Gasteiger charge is 2.27. The lowest BCUT2D eigenvalue weighted by Crippen LogP contribution is -2.41. The highest BCUT2D eigenvalue weighted by atomic mass is 16.2. The number of amides is 2. The molecule has 53 heavy (non-hydrogen) atoms. The summed E-state index contributed by atoms with van der Waals surface area (Å²) in [5.41, 5.74) is 16.1. The van der Waals surface area contributed by atoms with E-state index in [2.05, 4.69) is 88.8 Å².